The third-order valence-corrected chi connectivity index (χ3v) is 5.64. The standard InChI is InChI=1S/C19H15ClN4O2S/c1-11(12-4-2-3-5-13(12)20)26-15-8-16(27-18(15)19(21)25)14-9-23-17-10-22-6-7-24(14)17/h2-11H,1H3,(H2,21,25)/t11-/m1/s1. The lowest BCUT2D eigenvalue weighted by molar-refractivity contribution is 0.0998. The van der Waals surface area contributed by atoms with Crippen LogP contribution in [0.2, 0.25) is 5.02 Å². The van der Waals surface area contributed by atoms with E-state index < -0.39 is 5.91 Å². The van der Waals surface area contributed by atoms with Crippen molar-refractivity contribution in [2.45, 2.75) is 13.0 Å². The highest BCUT2D eigenvalue weighted by atomic mass is 35.5. The second-order valence-corrected chi connectivity index (χ2v) is 7.36. The molecule has 0 radical (unpaired) electrons. The molecule has 0 spiro atoms. The van der Waals surface area contributed by atoms with Crippen molar-refractivity contribution in [3.63, 3.8) is 0 Å². The van der Waals surface area contributed by atoms with Crippen LogP contribution in [0, 0.1) is 0 Å². The Morgan fingerprint density at radius 1 is 1.33 bits per heavy atom. The molecule has 8 heteroatoms. The number of hydrogen-bond acceptors (Lipinski definition) is 5. The zero-order valence-electron chi connectivity index (χ0n) is 14.3. The van der Waals surface area contributed by atoms with Gasteiger partial charge in [-0.1, -0.05) is 29.8 Å². The van der Waals surface area contributed by atoms with E-state index in [0.29, 0.717) is 21.3 Å². The van der Waals surface area contributed by atoms with Crippen LogP contribution >= 0.6 is 22.9 Å². The van der Waals surface area contributed by atoms with Gasteiger partial charge in [0.1, 0.15) is 16.7 Å². The van der Waals surface area contributed by atoms with Crippen molar-refractivity contribution in [1.82, 2.24) is 14.4 Å². The van der Waals surface area contributed by atoms with Crippen LogP contribution in [-0.2, 0) is 0 Å². The largest absolute Gasteiger partial charge is 0.484 e. The van der Waals surface area contributed by atoms with Gasteiger partial charge in [-0.3, -0.25) is 14.2 Å². The van der Waals surface area contributed by atoms with Gasteiger partial charge in [-0.05, 0) is 13.0 Å². The van der Waals surface area contributed by atoms with E-state index in [1.165, 1.54) is 11.3 Å². The summed E-state index contributed by atoms with van der Waals surface area (Å²) in [5.74, 6) is -0.109. The van der Waals surface area contributed by atoms with Gasteiger partial charge in [0.05, 0.1) is 23.0 Å². The van der Waals surface area contributed by atoms with Crippen molar-refractivity contribution in [1.29, 1.82) is 0 Å². The maximum Gasteiger partial charge on any atom is 0.262 e. The number of amides is 1. The van der Waals surface area contributed by atoms with Crippen molar-refractivity contribution >= 4 is 34.5 Å². The zero-order chi connectivity index (χ0) is 19.0. The Hall–Kier alpha value is -2.90. The monoisotopic (exact) mass is 398 g/mol. The fourth-order valence-electron chi connectivity index (χ4n) is 2.84. The number of halogens is 1. The number of benzene rings is 1. The molecule has 0 saturated heterocycles. The van der Waals surface area contributed by atoms with Crippen LogP contribution in [0.1, 0.15) is 28.3 Å². The number of thiophene rings is 1. The topological polar surface area (TPSA) is 82.5 Å². The van der Waals surface area contributed by atoms with Crippen LogP contribution in [0.15, 0.2) is 55.1 Å². The summed E-state index contributed by atoms with van der Waals surface area (Å²) in [6.45, 7) is 1.88. The van der Waals surface area contributed by atoms with E-state index in [1.54, 1.807) is 24.7 Å². The maximum absolute atomic E-state index is 11.9. The van der Waals surface area contributed by atoms with Crippen molar-refractivity contribution in [2.75, 3.05) is 0 Å². The molecular formula is C19H15ClN4O2S. The molecule has 3 heterocycles. The Bertz CT molecular complexity index is 1140. The van der Waals surface area contributed by atoms with Crippen LogP contribution in [0.5, 0.6) is 5.75 Å². The highest BCUT2D eigenvalue weighted by Gasteiger charge is 2.21. The fourth-order valence-corrected chi connectivity index (χ4v) is 4.08. The van der Waals surface area contributed by atoms with Crippen molar-refractivity contribution in [3.05, 3.63) is 70.6 Å². The molecule has 0 fully saturated rings. The van der Waals surface area contributed by atoms with E-state index in [1.807, 2.05) is 41.8 Å². The smallest absolute Gasteiger partial charge is 0.262 e. The molecule has 0 unspecified atom stereocenters. The van der Waals surface area contributed by atoms with Gasteiger partial charge < -0.3 is 10.5 Å². The van der Waals surface area contributed by atoms with E-state index in [0.717, 1.165) is 16.1 Å². The van der Waals surface area contributed by atoms with Gasteiger partial charge in [0, 0.05) is 29.0 Å². The summed E-state index contributed by atoms with van der Waals surface area (Å²) in [6, 6.07) is 9.25. The summed E-state index contributed by atoms with van der Waals surface area (Å²) in [5.41, 5.74) is 7.96. The molecule has 27 heavy (non-hydrogen) atoms. The molecular weight excluding hydrogens is 384 g/mol. The number of hydrogen-bond donors (Lipinski definition) is 1. The van der Waals surface area contributed by atoms with Gasteiger partial charge in [-0.25, -0.2) is 4.98 Å². The zero-order valence-corrected chi connectivity index (χ0v) is 15.9. The predicted octanol–water partition coefficient (Wildman–Crippen LogP) is 4.35. The first kappa shape index (κ1) is 17.5. The van der Waals surface area contributed by atoms with E-state index in [-0.39, 0.29) is 6.10 Å². The highest BCUT2D eigenvalue weighted by Crippen LogP contribution is 2.38. The second-order valence-electron chi connectivity index (χ2n) is 5.90. The molecule has 0 aliphatic heterocycles. The Morgan fingerprint density at radius 3 is 2.93 bits per heavy atom. The first-order chi connectivity index (χ1) is 13.0. The number of nitrogens with zero attached hydrogens (tertiary/aromatic N) is 3. The lowest BCUT2D eigenvalue weighted by Crippen LogP contribution is -2.12. The molecule has 3 aromatic heterocycles. The molecule has 6 nitrogen and oxygen atoms in total. The third kappa shape index (κ3) is 3.27. The number of fused-ring (bicyclic) bond motifs is 1. The van der Waals surface area contributed by atoms with E-state index in [4.69, 9.17) is 22.1 Å². The molecule has 0 bridgehead atoms. The summed E-state index contributed by atoms with van der Waals surface area (Å²) >= 11 is 7.52. The van der Waals surface area contributed by atoms with Crippen molar-refractivity contribution < 1.29 is 9.53 Å². The lowest BCUT2D eigenvalue weighted by Gasteiger charge is -2.16. The number of ether oxygens (including phenoxy) is 1. The lowest BCUT2D eigenvalue weighted by atomic mass is 10.1. The number of nitrogens with two attached hydrogens (primary N) is 1. The first-order valence-electron chi connectivity index (χ1n) is 8.16. The van der Waals surface area contributed by atoms with Crippen molar-refractivity contribution in [2.24, 2.45) is 5.73 Å². The average molecular weight is 399 g/mol. The average Bonchev–Trinajstić information content (AvgIpc) is 3.26. The van der Waals surface area contributed by atoms with Crippen LogP contribution < -0.4 is 10.5 Å². The van der Waals surface area contributed by atoms with Crippen LogP contribution in [0.25, 0.3) is 16.2 Å². The number of primary amides is 1. The highest BCUT2D eigenvalue weighted by molar-refractivity contribution is 7.17. The molecule has 0 aliphatic carbocycles. The third-order valence-electron chi connectivity index (χ3n) is 4.14. The number of rotatable bonds is 5. The van der Waals surface area contributed by atoms with Crippen molar-refractivity contribution in [3.8, 4) is 16.3 Å². The minimum Gasteiger partial charge on any atom is -0.484 e. The van der Waals surface area contributed by atoms with Gasteiger partial charge in [-0.15, -0.1) is 11.3 Å². The van der Waals surface area contributed by atoms with Gasteiger partial charge >= 0.3 is 0 Å². The normalized spacial score (nSPS) is 12.2. The van der Waals surface area contributed by atoms with Gasteiger partial charge in [0.15, 0.2) is 5.65 Å². The molecule has 4 aromatic rings. The summed E-state index contributed by atoms with van der Waals surface area (Å²) in [5, 5.41) is 0.607. The summed E-state index contributed by atoms with van der Waals surface area (Å²) in [6.07, 6.45) is 6.55. The molecule has 1 amide bonds. The predicted molar refractivity (Wildman–Crippen MR) is 105 cm³/mol. The van der Waals surface area contributed by atoms with E-state index in [9.17, 15) is 4.79 Å². The van der Waals surface area contributed by atoms with Gasteiger partial charge in [-0.2, -0.15) is 0 Å². The summed E-state index contributed by atoms with van der Waals surface area (Å²) in [7, 11) is 0. The number of carbonyl (C=O) groups excluding carboxylic acids is 1. The second kappa shape index (κ2) is 7.02. The summed E-state index contributed by atoms with van der Waals surface area (Å²) < 4.78 is 7.94. The van der Waals surface area contributed by atoms with E-state index >= 15 is 0 Å². The first-order valence-corrected chi connectivity index (χ1v) is 9.36. The Balaban J connectivity index is 1.73. The molecule has 2 N–H and O–H groups in total. The maximum atomic E-state index is 11.9. The quantitative estimate of drug-likeness (QED) is 0.541. The SMILES string of the molecule is C[C@@H](Oc1cc(-c2cnc3cnccn23)sc1C(N)=O)c1ccccc1Cl. The molecule has 1 atom stereocenters. The minimum atomic E-state index is -0.539. The number of imidazole rings is 1. The molecule has 0 aliphatic rings. The van der Waals surface area contributed by atoms with Crippen LogP contribution in [-0.4, -0.2) is 20.3 Å². The molecule has 4 rings (SSSR count). The fraction of sp³-hybridized carbons (Fsp3) is 0.105. The number of carbonyl (C=O) groups is 1. The minimum absolute atomic E-state index is 0.342. The summed E-state index contributed by atoms with van der Waals surface area (Å²) in [4.78, 5) is 21.5. The Kier molecular flexibility index (Phi) is 4.55. The van der Waals surface area contributed by atoms with Crippen LogP contribution in [0.4, 0.5) is 0 Å². The Morgan fingerprint density at radius 2 is 2.15 bits per heavy atom. The Labute approximate surface area is 164 Å². The molecule has 1 aromatic carbocycles. The van der Waals surface area contributed by atoms with Crippen LogP contribution in [0.3, 0.4) is 0 Å². The van der Waals surface area contributed by atoms with Gasteiger partial charge in [0.25, 0.3) is 5.91 Å². The molecule has 136 valence electrons. The molecule has 0 saturated carbocycles. The number of aromatic nitrogens is 3. The van der Waals surface area contributed by atoms with E-state index in [2.05, 4.69) is 9.97 Å². The van der Waals surface area contributed by atoms with Gasteiger partial charge in [0.2, 0.25) is 0 Å².